The molecule has 0 N–H and O–H groups in total. The summed E-state index contributed by atoms with van der Waals surface area (Å²) in [4.78, 5) is 3.59. The number of aromatic nitrogens is 1. The Morgan fingerprint density at radius 3 is 2.67 bits per heavy atom. The molecule has 0 saturated carbocycles. The van der Waals surface area contributed by atoms with Crippen molar-refractivity contribution in [3.8, 4) is 5.75 Å². The second kappa shape index (κ2) is 4.65. The number of para-hydroxylation sites is 1. The quantitative estimate of drug-likeness (QED) is 0.815. The predicted molar refractivity (Wildman–Crippen MR) is 62.9 cm³/mol. The van der Waals surface area contributed by atoms with Gasteiger partial charge in [-0.05, 0) is 19.1 Å². The molecular formula is C12H9ClF3NO. The summed E-state index contributed by atoms with van der Waals surface area (Å²) in [6.45, 7) is 2.09. The summed E-state index contributed by atoms with van der Waals surface area (Å²) < 4.78 is 43.2. The van der Waals surface area contributed by atoms with E-state index in [2.05, 4.69) is 4.98 Å². The molecule has 1 heterocycles. The van der Waals surface area contributed by atoms with Gasteiger partial charge in [0, 0.05) is 5.39 Å². The molecule has 0 fully saturated rings. The molecule has 0 radical (unpaired) electrons. The highest BCUT2D eigenvalue weighted by atomic mass is 35.5. The first-order chi connectivity index (χ1) is 8.43. The molecule has 0 saturated heterocycles. The fourth-order valence-corrected chi connectivity index (χ4v) is 1.85. The molecule has 0 bridgehead atoms. The second-order valence-electron chi connectivity index (χ2n) is 3.57. The van der Waals surface area contributed by atoms with Gasteiger partial charge in [0.05, 0.1) is 11.6 Å². The normalized spacial score (nSPS) is 11.8. The summed E-state index contributed by atoms with van der Waals surface area (Å²) in [5.41, 5.74) is -0.897. The number of pyridine rings is 1. The van der Waals surface area contributed by atoms with Gasteiger partial charge in [0.15, 0.2) is 0 Å². The molecule has 2 aromatic rings. The van der Waals surface area contributed by atoms with E-state index in [9.17, 15) is 13.2 Å². The van der Waals surface area contributed by atoms with E-state index in [-0.39, 0.29) is 10.5 Å². The standard InChI is InChI=1S/C12H9ClF3NO/c1-2-18-9-5-3-4-7-8(13)6-10(12(14,15)16)17-11(7)9/h3-6H,2H2,1H3. The molecule has 0 aliphatic rings. The highest BCUT2D eigenvalue weighted by Crippen LogP contribution is 2.35. The molecule has 1 aromatic heterocycles. The van der Waals surface area contributed by atoms with E-state index >= 15 is 0 Å². The van der Waals surface area contributed by atoms with Crippen LogP contribution in [0, 0.1) is 0 Å². The van der Waals surface area contributed by atoms with Gasteiger partial charge in [-0.2, -0.15) is 13.2 Å². The van der Waals surface area contributed by atoms with Crippen molar-refractivity contribution in [3.05, 3.63) is 35.0 Å². The summed E-state index contributed by atoms with van der Waals surface area (Å²) >= 11 is 5.84. The minimum Gasteiger partial charge on any atom is -0.492 e. The van der Waals surface area contributed by atoms with Gasteiger partial charge >= 0.3 is 6.18 Å². The van der Waals surface area contributed by atoms with Crippen molar-refractivity contribution in [3.63, 3.8) is 0 Å². The van der Waals surface area contributed by atoms with Gasteiger partial charge in [-0.1, -0.05) is 23.7 Å². The van der Waals surface area contributed by atoms with E-state index in [1.807, 2.05) is 0 Å². The van der Waals surface area contributed by atoms with Gasteiger partial charge in [0.25, 0.3) is 0 Å². The third-order valence-corrected chi connectivity index (χ3v) is 2.65. The fraction of sp³-hybridized carbons (Fsp3) is 0.250. The van der Waals surface area contributed by atoms with Crippen LogP contribution in [0.5, 0.6) is 5.75 Å². The lowest BCUT2D eigenvalue weighted by atomic mass is 10.2. The maximum absolute atomic E-state index is 12.7. The van der Waals surface area contributed by atoms with Crippen LogP contribution in [0.1, 0.15) is 12.6 Å². The average molecular weight is 276 g/mol. The van der Waals surface area contributed by atoms with Gasteiger partial charge in [0.2, 0.25) is 0 Å². The van der Waals surface area contributed by atoms with Gasteiger partial charge in [-0.15, -0.1) is 0 Å². The van der Waals surface area contributed by atoms with E-state index in [4.69, 9.17) is 16.3 Å². The summed E-state index contributed by atoms with van der Waals surface area (Å²) in [5, 5.41) is 0.449. The Hall–Kier alpha value is -1.49. The van der Waals surface area contributed by atoms with Crippen molar-refractivity contribution in [1.82, 2.24) is 4.98 Å². The number of halogens is 4. The minimum atomic E-state index is -4.53. The van der Waals surface area contributed by atoms with E-state index in [1.54, 1.807) is 25.1 Å². The van der Waals surface area contributed by atoms with Crippen molar-refractivity contribution < 1.29 is 17.9 Å². The van der Waals surface area contributed by atoms with Crippen LogP contribution in [0.25, 0.3) is 10.9 Å². The Balaban J connectivity index is 2.72. The number of ether oxygens (including phenoxy) is 1. The molecule has 2 nitrogen and oxygen atoms in total. The third-order valence-electron chi connectivity index (χ3n) is 2.34. The predicted octanol–water partition coefficient (Wildman–Crippen LogP) is 4.31. The van der Waals surface area contributed by atoms with Crippen LogP contribution < -0.4 is 4.74 Å². The number of hydrogen-bond donors (Lipinski definition) is 0. The first kappa shape index (κ1) is 13.0. The fourth-order valence-electron chi connectivity index (χ4n) is 1.60. The number of hydrogen-bond acceptors (Lipinski definition) is 2. The van der Waals surface area contributed by atoms with Gasteiger partial charge in [-0.25, -0.2) is 4.98 Å². The maximum Gasteiger partial charge on any atom is 0.433 e. The average Bonchev–Trinajstić information content (AvgIpc) is 2.29. The monoisotopic (exact) mass is 275 g/mol. The molecule has 18 heavy (non-hydrogen) atoms. The van der Waals surface area contributed by atoms with E-state index < -0.39 is 11.9 Å². The number of alkyl halides is 3. The van der Waals surface area contributed by atoms with Crippen LogP contribution in [0.4, 0.5) is 13.2 Å². The molecule has 0 spiro atoms. The van der Waals surface area contributed by atoms with E-state index in [1.165, 1.54) is 0 Å². The van der Waals surface area contributed by atoms with E-state index in [0.29, 0.717) is 17.7 Å². The Morgan fingerprint density at radius 2 is 2.06 bits per heavy atom. The molecule has 0 unspecified atom stereocenters. The Kier molecular flexibility index (Phi) is 3.34. The van der Waals surface area contributed by atoms with Crippen LogP contribution in [0.3, 0.4) is 0 Å². The van der Waals surface area contributed by atoms with Crippen LogP contribution in [-0.4, -0.2) is 11.6 Å². The largest absolute Gasteiger partial charge is 0.492 e. The molecule has 0 aliphatic carbocycles. The Labute approximate surface area is 106 Å². The van der Waals surface area contributed by atoms with Crippen molar-refractivity contribution >= 4 is 22.5 Å². The topological polar surface area (TPSA) is 22.1 Å². The third kappa shape index (κ3) is 2.36. The molecule has 0 amide bonds. The number of fused-ring (bicyclic) bond motifs is 1. The SMILES string of the molecule is CCOc1cccc2c(Cl)cc(C(F)(F)F)nc12. The molecule has 6 heteroatoms. The molecule has 2 rings (SSSR count). The molecule has 0 atom stereocenters. The summed E-state index contributed by atoms with van der Waals surface area (Å²) in [6, 6.07) is 5.65. The first-order valence-corrected chi connectivity index (χ1v) is 5.60. The molecule has 1 aromatic carbocycles. The zero-order valence-corrected chi connectivity index (χ0v) is 10.1. The Morgan fingerprint density at radius 1 is 1.33 bits per heavy atom. The lowest BCUT2D eigenvalue weighted by Gasteiger charge is -2.11. The zero-order valence-electron chi connectivity index (χ0n) is 9.38. The summed E-state index contributed by atoms with van der Waals surface area (Å²) in [7, 11) is 0. The lowest BCUT2D eigenvalue weighted by molar-refractivity contribution is -0.140. The lowest BCUT2D eigenvalue weighted by Crippen LogP contribution is -2.08. The van der Waals surface area contributed by atoms with Crippen molar-refractivity contribution in [2.24, 2.45) is 0 Å². The minimum absolute atomic E-state index is 0.00822. The van der Waals surface area contributed by atoms with Crippen molar-refractivity contribution in [2.45, 2.75) is 13.1 Å². The molecule has 96 valence electrons. The first-order valence-electron chi connectivity index (χ1n) is 5.22. The maximum atomic E-state index is 12.7. The van der Waals surface area contributed by atoms with E-state index in [0.717, 1.165) is 6.07 Å². The van der Waals surface area contributed by atoms with Crippen LogP contribution in [0.15, 0.2) is 24.3 Å². The Bertz CT molecular complexity index is 583. The van der Waals surface area contributed by atoms with Crippen LogP contribution in [0.2, 0.25) is 5.02 Å². The molecule has 0 aliphatic heterocycles. The highest BCUT2D eigenvalue weighted by Gasteiger charge is 2.33. The van der Waals surface area contributed by atoms with Crippen molar-refractivity contribution in [1.29, 1.82) is 0 Å². The van der Waals surface area contributed by atoms with Gasteiger partial charge in [-0.3, -0.25) is 0 Å². The summed E-state index contributed by atoms with van der Waals surface area (Å²) in [5.74, 6) is 0.294. The van der Waals surface area contributed by atoms with Gasteiger partial charge in [0.1, 0.15) is 17.0 Å². The van der Waals surface area contributed by atoms with Crippen LogP contribution in [-0.2, 0) is 6.18 Å². The zero-order chi connectivity index (χ0) is 13.3. The molecular weight excluding hydrogens is 267 g/mol. The van der Waals surface area contributed by atoms with Gasteiger partial charge < -0.3 is 4.74 Å². The van der Waals surface area contributed by atoms with Crippen molar-refractivity contribution in [2.75, 3.05) is 6.61 Å². The van der Waals surface area contributed by atoms with Crippen LogP contribution >= 0.6 is 11.6 Å². The number of benzene rings is 1. The summed E-state index contributed by atoms with van der Waals surface area (Å²) in [6.07, 6.45) is -4.53. The number of rotatable bonds is 2. The smallest absolute Gasteiger partial charge is 0.433 e. The second-order valence-corrected chi connectivity index (χ2v) is 3.98. The number of nitrogens with zero attached hydrogens (tertiary/aromatic N) is 1. The highest BCUT2D eigenvalue weighted by molar-refractivity contribution is 6.35.